The maximum Gasteiger partial charge on any atom is 0.162 e. The van der Waals surface area contributed by atoms with E-state index in [1.165, 1.54) is 24.8 Å². The molecule has 5 heteroatoms. The summed E-state index contributed by atoms with van der Waals surface area (Å²) < 4.78 is 12.8. The molecule has 0 bridgehead atoms. The maximum absolute atomic E-state index is 5.99. The van der Waals surface area contributed by atoms with Crippen molar-refractivity contribution in [3.05, 3.63) is 57.0 Å². The SMILES string of the molecule is CCCCCNCc1cc(OCC)c(OCc2ccc(Cl)cc2)cc1Br. The van der Waals surface area contributed by atoms with Gasteiger partial charge in [-0.05, 0) is 55.3 Å². The molecule has 142 valence electrons. The fraction of sp³-hybridized carbons (Fsp3) is 0.429. The zero-order valence-corrected chi connectivity index (χ0v) is 17.8. The smallest absolute Gasteiger partial charge is 0.162 e. The lowest BCUT2D eigenvalue weighted by molar-refractivity contribution is 0.269. The summed E-state index contributed by atoms with van der Waals surface area (Å²) in [6.45, 7) is 7.10. The number of nitrogens with one attached hydrogen (secondary N) is 1. The average molecular weight is 441 g/mol. The summed E-state index contributed by atoms with van der Waals surface area (Å²) in [5.74, 6) is 1.51. The molecule has 2 aromatic rings. The summed E-state index contributed by atoms with van der Waals surface area (Å²) in [5, 5.41) is 4.21. The van der Waals surface area contributed by atoms with E-state index in [2.05, 4.69) is 34.2 Å². The summed E-state index contributed by atoms with van der Waals surface area (Å²) in [6, 6.07) is 11.7. The Balaban J connectivity index is 2.03. The molecule has 0 spiro atoms. The summed E-state index contributed by atoms with van der Waals surface area (Å²) in [6.07, 6.45) is 3.70. The molecule has 0 radical (unpaired) electrons. The van der Waals surface area contributed by atoms with E-state index in [4.69, 9.17) is 21.1 Å². The molecule has 3 nitrogen and oxygen atoms in total. The van der Waals surface area contributed by atoms with E-state index < -0.39 is 0 Å². The van der Waals surface area contributed by atoms with Gasteiger partial charge in [-0.1, -0.05) is 59.4 Å². The summed E-state index contributed by atoms with van der Waals surface area (Å²) >= 11 is 9.59. The van der Waals surface area contributed by atoms with Gasteiger partial charge in [0, 0.05) is 16.0 Å². The van der Waals surface area contributed by atoms with E-state index in [0.29, 0.717) is 13.2 Å². The van der Waals surface area contributed by atoms with Crippen molar-refractivity contribution in [2.75, 3.05) is 13.2 Å². The highest BCUT2D eigenvalue weighted by molar-refractivity contribution is 9.10. The molecule has 2 aromatic carbocycles. The number of benzene rings is 2. The minimum absolute atomic E-state index is 0.471. The molecule has 0 saturated heterocycles. The molecule has 0 aliphatic carbocycles. The zero-order valence-electron chi connectivity index (χ0n) is 15.5. The van der Waals surface area contributed by atoms with E-state index in [0.717, 1.165) is 39.6 Å². The molecule has 0 amide bonds. The topological polar surface area (TPSA) is 30.5 Å². The first-order valence-electron chi connectivity index (χ1n) is 9.17. The van der Waals surface area contributed by atoms with Crippen molar-refractivity contribution in [3.8, 4) is 11.5 Å². The van der Waals surface area contributed by atoms with Crippen LogP contribution in [0.5, 0.6) is 11.5 Å². The van der Waals surface area contributed by atoms with Crippen molar-refractivity contribution in [2.45, 2.75) is 46.3 Å². The van der Waals surface area contributed by atoms with E-state index in [1.807, 2.05) is 37.3 Å². The van der Waals surface area contributed by atoms with E-state index in [-0.39, 0.29) is 0 Å². The molecule has 26 heavy (non-hydrogen) atoms. The quantitative estimate of drug-likeness (QED) is 0.412. The van der Waals surface area contributed by atoms with Gasteiger partial charge in [-0.25, -0.2) is 0 Å². The monoisotopic (exact) mass is 439 g/mol. The van der Waals surface area contributed by atoms with Crippen LogP contribution in [0.15, 0.2) is 40.9 Å². The molecule has 0 fully saturated rings. The maximum atomic E-state index is 5.99. The lowest BCUT2D eigenvalue weighted by atomic mass is 10.2. The molecule has 1 N–H and O–H groups in total. The molecule has 0 aromatic heterocycles. The summed E-state index contributed by atoms with van der Waals surface area (Å²) in [4.78, 5) is 0. The number of halogens is 2. The zero-order chi connectivity index (χ0) is 18.8. The van der Waals surface area contributed by atoms with Gasteiger partial charge in [0.1, 0.15) is 6.61 Å². The molecule has 0 atom stereocenters. The Hall–Kier alpha value is -1.23. The Bertz CT molecular complexity index is 676. The van der Waals surface area contributed by atoms with Crippen LogP contribution in [-0.2, 0) is 13.2 Å². The number of unbranched alkanes of at least 4 members (excludes halogenated alkanes) is 2. The summed E-state index contributed by atoms with van der Waals surface area (Å²) in [7, 11) is 0. The third-order valence-corrected chi connectivity index (χ3v) is 4.98. The van der Waals surface area contributed by atoms with Gasteiger partial charge in [-0.3, -0.25) is 0 Å². The second kappa shape index (κ2) is 11.5. The van der Waals surface area contributed by atoms with Crippen LogP contribution >= 0.6 is 27.5 Å². The largest absolute Gasteiger partial charge is 0.490 e. The van der Waals surface area contributed by atoms with Crippen LogP contribution < -0.4 is 14.8 Å². The highest BCUT2D eigenvalue weighted by atomic mass is 79.9. The number of hydrogen-bond acceptors (Lipinski definition) is 3. The van der Waals surface area contributed by atoms with Gasteiger partial charge in [0.15, 0.2) is 11.5 Å². The van der Waals surface area contributed by atoms with Crippen molar-refractivity contribution in [1.82, 2.24) is 5.32 Å². The fourth-order valence-electron chi connectivity index (χ4n) is 2.56. The van der Waals surface area contributed by atoms with Gasteiger partial charge in [0.2, 0.25) is 0 Å². The summed E-state index contributed by atoms with van der Waals surface area (Å²) in [5.41, 5.74) is 2.23. The normalized spacial score (nSPS) is 10.8. The second-order valence-electron chi connectivity index (χ2n) is 6.12. The van der Waals surface area contributed by atoms with Gasteiger partial charge in [0.05, 0.1) is 6.61 Å². The van der Waals surface area contributed by atoms with Crippen LogP contribution in [0.4, 0.5) is 0 Å². The van der Waals surface area contributed by atoms with Crippen molar-refractivity contribution in [1.29, 1.82) is 0 Å². The van der Waals surface area contributed by atoms with Crippen molar-refractivity contribution < 1.29 is 9.47 Å². The Labute approximate surface area is 170 Å². The molecule has 0 saturated carbocycles. The molecule has 0 unspecified atom stereocenters. The highest BCUT2D eigenvalue weighted by Crippen LogP contribution is 2.34. The molecule has 0 aliphatic rings. The molecular weight excluding hydrogens is 414 g/mol. The predicted octanol–water partition coefficient (Wildman–Crippen LogP) is 6.36. The molecule has 2 rings (SSSR count). The van der Waals surface area contributed by atoms with E-state index in [1.54, 1.807) is 0 Å². The molecular formula is C21H27BrClNO2. The molecule has 0 aliphatic heterocycles. The minimum atomic E-state index is 0.471. The lowest BCUT2D eigenvalue weighted by Crippen LogP contribution is -2.15. The van der Waals surface area contributed by atoms with Gasteiger partial charge >= 0.3 is 0 Å². The standard InChI is InChI=1S/C21H27BrClNO2/c1-3-5-6-11-24-14-17-12-20(25-4-2)21(13-19(17)22)26-15-16-7-9-18(23)10-8-16/h7-10,12-13,24H,3-6,11,14-15H2,1-2H3. The Morgan fingerprint density at radius 2 is 1.73 bits per heavy atom. The first-order chi connectivity index (χ1) is 12.6. The third-order valence-electron chi connectivity index (χ3n) is 3.99. The number of hydrogen-bond donors (Lipinski definition) is 1. The third kappa shape index (κ3) is 6.82. The van der Waals surface area contributed by atoms with E-state index in [9.17, 15) is 0 Å². The highest BCUT2D eigenvalue weighted by Gasteiger charge is 2.11. The second-order valence-corrected chi connectivity index (χ2v) is 7.41. The van der Waals surface area contributed by atoms with Crippen LogP contribution in [0, 0.1) is 0 Å². The van der Waals surface area contributed by atoms with Crippen molar-refractivity contribution in [2.24, 2.45) is 0 Å². The van der Waals surface area contributed by atoms with Crippen molar-refractivity contribution >= 4 is 27.5 Å². The van der Waals surface area contributed by atoms with Crippen molar-refractivity contribution in [3.63, 3.8) is 0 Å². The minimum Gasteiger partial charge on any atom is -0.490 e. The average Bonchev–Trinajstić information content (AvgIpc) is 2.64. The predicted molar refractivity (Wildman–Crippen MR) is 112 cm³/mol. The van der Waals surface area contributed by atoms with E-state index >= 15 is 0 Å². The van der Waals surface area contributed by atoms with Crippen LogP contribution in [0.25, 0.3) is 0 Å². The van der Waals surface area contributed by atoms with Crippen LogP contribution in [0.3, 0.4) is 0 Å². The lowest BCUT2D eigenvalue weighted by Gasteiger charge is -2.15. The Morgan fingerprint density at radius 3 is 2.42 bits per heavy atom. The van der Waals surface area contributed by atoms with Gasteiger partial charge < -0.3 is 14.8 Å². The number of ether oxygens (including phenoxy) is 2. The fourth-order valence-corrected chi connectivity index (χ4v) is 3.15. The first-order valence-corrected chi connectivity index (χ1v) is 10.3. The van der Waals surface area contributed by atoms with Gasteiger partial charge in [-0.15, -0.1) is 0 Å². The van der Waals surface area contributed by atoms with Crippen LogP contribution in [0.2, 0.25) is 5.02 Å². The van der Waals surface area contributed by atoms with Crippen LogP contribution in [0.1, 0.15) is 44.2 Å². The van der Waals surface area contributed by atoms with Crippen LogP contribution in [-0.4, -0.2) is 13.2 Å². The van der Waals surface area contributed by atoms with Gasteiger partial charge in [0.25, 0.3) is 0 Å². The number of rotatable bonds is 11. The Morgan fingerprint density at radius 1 is 1.00 bits per heavy atom. The Kier molecular flexibility index (Phi) is 9.30. The molecule has 0 heterocycles. The first kappa shape index (κ1) is 21.1. The van der Waals surface area contributed by atoms with Gasteiger partial charge in [-0.2, -0.15) is 0 Å².